The average molecular weight is 287 g/mol. The van der Waals surface area contributed by atoms with E-state index < -0.39 is 11.0 Å². The van der Waals surface area contributed by atoms with Crippen LogP contribution in [0.3, 0.4) is 0 Å². The molecule has 0 saturated heterocycles. The maximum Gasteiger partial charge on any atom is 0.252 e. The summed E-state index contributed by atoms with van der Waals surface area (Å²) in [7, 11) is 3.00. The van der Waals surface area contributed by atoms with Crippen LogP contribution in [0, 0.1) is 22.1 Å². The van der Waals surface area contributed by atoms with E-state index in [1.807, 2.05) is 0 Å². The number of hydrazine groups is 1. The van der Waals surface area contributed by atoms with Crippen LogP contribution in [-0.4, -0.2) is 59.2 Å². The number of aliphatic hydroxyl groups excluding tert-OH is 3. The van der Waals surface area contributed by atoms with Gasteiger partial charge >= 0.3 is 0 Å². The van der Waals surface area contributed by atoms with Crippen molar-refractivity contribution in [1.29, 1.82) is 5.41 Å². The molecule has 0 aliphatic rings. The summed E-state index contributed by atoms with van der Waals surface area (Å²) in [6, 6.07) is 0. The molecule has 9 nitrogen and oxygen atoms in total. The molecule has 0 atom stereocenters. The summed E-state index contributed by atoms with van der Waals surface area (Å²) in [5.41, 5.74) is 4.82. The molecule has 102 valence electrons. The number of aliphatic hydroxyl groups is 3. The molecule has 0 aliphatic carbocycles. The summed E-state index contributed by atoms with van der Waals surface area (Å²) >= 11 is 0. The van der Waals surface area contributed by atoms with Crippen molar-refractivity contribution in [2.24, 2.45) is 5.73 Å². The first-order chi connectivity index (χ1) is 7.59. The molecule has 0 aliphatic heterocycles. The van der Waals surface area contributed by atoms with Crippen LogP contribution in [0.2, 0.25) is 0 Å². The first-order valence-corrected chi connectivity index (χ1v) is 3.73. The van der Waals surface area contributed by atoms with Crippen LogP contribution < -0.4 is 5.73 Å². The fourth-order valence-electron chi connectivity index (χ4n) is 0.353. The molecular formula is C7H19N4O5Ti-. The predicted octanol–water partition coefficient (Wildman–Crippen LogP) is -1.81. The van der Waals surface area contributed by atoms with Gasteiger partial charge in [-0.3, -0.25) is 5.41 Å². The van der Waals surface area contributed by atoms with Crippen molar-refractivity contribution in [1.82, 2.24) is 5.01 Å². The van der Waals surface area contributed by atoms with Crippen molar-refractivity contribution in [3.8, 4) is 0 Å². The van der Waals surface area contributed by atoms with Gasteiger partial charge in [0.05, 0.1) is 6.54 Å². The maximum atomic E-state index is 9.97. The molecule has 0 saturated carbocycles. The molecule has 0 rings (SSSR count). The summed E-state index contributed by atoms with van der Waals surface area (Å²) in [5, 5.41) is 37.3. The van der Waals surface area contributed by atoms with E-state index in [0.717, 1.165) is 27.4 Å². The van der Waals surface area contributed by atoms with Crippen LogP contribution in [0.15, 0.2) is 6.08 Å². The second kappa shape index (κ2) is 29.4. The fourth-order valence-corrected chi connectivity index (χ4v) is 0.353. The van der Waals surface area contributed by atoms with Gasteiger partial charge in [-0.2, -0.15) is 0 Å². The summed E-state index contributed by atoms with van der Waals surface area (Å²) in [5.74, 6) is -0.633. The third kappa shape index (κ3) is 25.4. The Kier molecular flexibility index (Phi) is 51.5. The van der Waals surface area contributed by atoms with Gasteiger partial charge in [-0.1, -0.05) is 5.01 Å². The normalized spacial score (nSPS) is 6.00. The molecule has 0 amide bonds. The van der Waals surface area contributed by atoms with Gasteiger partial charge in [-0.05, 0) is 0 Å². The molecule has 0 radical (unpaired) electrons. The number of guanidine groups is 1. The molecule has 0 fully saturated rings. The number of hydrogen-bond donors (Lipinski definition) is 5. The zero-order chi connectivity index (χ0) is 14.1. The second-order valence-corrected chi connectivity index (χ2v) is 1.44. The van der Waals surface area contributed by atoms with Crippen LogP contribution in [0.1, 0.15) is 0 Å². The van der Waals surface area contributed by atoms with Crippen molar-refractivity contribution in [2.45, 2.75) is 0 Å². The molecule has 0 unspecified atom stereocenters. The minimum Gasteiger partial charge on any atom is -0.516 e. The quantitative estimate of drug-likeness (QED) is 0.102. The van der Waals surface area contributed by atoms with Gasteiger partial charge in [0.2, 0.25) is 0 Å². The molecule has 0 aromatic carbocycles. The summed E-state index contributed by atoms with van der Waals surface area (Å²) in [6.45, 7) is 4.72. The first kappa shape index (κ1) is 29.8. The van der Waals surface area contributed by atoms with Crippen LogP contribution in [0.4, 0.5) is 0 Å². The van der Waals surface area contributed by atoms with E-state index in [0.29, 0.717) is 5.01 Å². The standard InChI is InChI=1S/C4H7N4O2.3CH4O.Ti/c1-2-3-7(4(5)6)8(9)10;3*1-2;/h1-2H,3H2,(H3,5,6);3*2H,1H3;/q-1;;;;. The van der Waals surface area contributed by atoms with E-state index in [9.17, 15) is 10.1 Å². The third-order valence-corrected chi connectivity index (χ3v) is 0.754. The van der Waals surface area contributed by atoms with Gasteiger partial charge < -0.3 is 27.6 Å². The number of hydrogen-bond acceptors (Lipinski definition) is 6. The van der Waals surface area contributed by atoms with Crippen LogP contribution in [-0.2, 0) is 21.7 Å². The van der Waals surface area contributed by atoms with Crippen molar-refractivity contribution >= 4 is 5.96 Å². The number of nitrogens with zero attached hydrogens (tertiary/aromatic N) is 2. The molecule has 0 bridgehead atoms. The van der Waals surface area contributed by atoms with E-state index in [-0.39, 0.29) is 28.3 Å². The Morgan fingerprint density at radius 1 is 1.41 bits per heavy atom. The fraction of sp³-hybridized carbons (Fsp3) is 0.571. The Labute approximate surface area is 115 Å². The Balaban J connectivity index is -0.0000000594. The Hall–Kier alpha value is -0.996. The molecule has 6 N–H and O–H groups in total. The van der Waals surface area contributed by atoms with Gasteiger partial charge in [-0.15, -0.1) is 0 Å². The van der Waals surface area contributed by atoms with Gasteiger partial charge in [0.15, 0.2) is 5.03 Å². The van der Waals surface area contributed by atoms with Crippen LogP contribution in [0.25, 0.3) is 0 Å². The largest absolute Gasteiger partial charge is 0.516 e. The Bertz CT molecular complexity index is 168. The predicted molar refractivity (Wildman–Crippen MR) is 58.9 cm³/mol. The molecule has 10 heteroatoms. The van der Waals surface area contributed by atoms with Crippen LogP contribution in [0.5, 0.6) is 0 Å². The maximum absolute atomic E-state index is 9.97. The minimum absolute atomic E-state index is 0. The number of nitrogens with two attached hydrogens (primary N) is 1. The number of nitrogens with one attached hydrogen (secondary N) is 1. The summed E-state index contributed by atoms with van der Waals surface area (Å²) < 4.78 is 0. The van der Waals surface area contributed by atoms with E-state index >= 15 is 0 Å². The Morgan fingerprint density at radius 2 is 1.71 bits per heavy atom. The monoisotopic (exact) mass is 287 g/mol. The molecule has 0 aromatic heterocycles. The van der Waals surface area contributed by atoms with E-state index in [2.05, 4.69) is 0 Å². The average Bonchev–Trinajstić information content (AvgIpc) is 2.33. The van der Waals surface area contributed by atoms with Gasteiger partial charge in [0.25, 0.3) is 5.96 Å². The summed E-state index contributed by atoms with van der Waals surface area (Å²) in [4.78, 5) is 9.97. The molecule has 0 heterocycles. The number of nitro groups is 1. The van der Waals surface area contributed by atoms with Crippen molar-refractivity contribution < 1.29 is 42.1 Å². The van der Waals surface area contributed by atoms with E-state index in [1.54, 1.807) is 0 Å². The first-order valence-electron chi connectivity index (χ1n) is 3.73. The molecule has 17 heavy (non-hydrogen) atoms. The van der Waals surface area contributed by atoms with Gasteiger partial charge in [0.1, 0.15) is 0 Å². The smallest absolute Gasteiger partial charge is 0.252 e. The second-order valence-electron chi connectivity index (χ2n) is 1.44. The zero-order valence-corrected chi connectivity index (χ0v) is 11.6. The summed E-state index contributed by atoms with van der Waals surface area (Å²) in [6.07, 6.45) is 1.05. The van der Waals surface area contributed by atoms with Gasteiger partial charge in [-0.25, -0.2) is 16.2 Å². The molecule has 0 spiro atoms. The zero-order valence-electron chi connectivity index (χ0n) is 9.99. The molecular weight excluding hydrogens is 268 g/mol. The third-order valence-electron chi connectivity index (χ3n) is 0.754. The van der Waals surface area contributed by atoms with Crippen molar-refractivity contribution in [2.75, 3.05) is 27.9 Å². The van der Waals surface area contributed by atoms with E-state index in [4.69, 9.17) is 33.0 Å². The van der Waals surface area contributed by atoms with Crippen molar-refractivity contribution in [3.05, 3.63) is 22.8 Å². The molecule has 0 aromatic rings. The number of rotatable bonds is 3. The SMILES string of the molecule is CO.CO.CO.[CH-]=CCN(C(=N)N)[N+](=O)[O-].[Ti]. The minimum atomic E-state index is -0.800. The van der Waals surface area contributed by atoms with E-state index in [1.165, 1.54) is 0 Å². The topological polar surface area (TPSA) is 157 Å². The Morgan fingerprint density at radius 3 is 1.76 bits per heavy atom. The van der Waals surface area contributed by atoms with Gasteiger partial charge in [0, 0.05) is 43.0 Å². The van der Waals surface area contributed by atoms with Crippen LogP contribution >= 0.6 is 0 Å². The van der Waals surface area contributed by atoms with Crippen molar-refractivity contribution in [3.63, 3.8) is 0 Å².